The first-order valence-electron chi connectivity index (χ1n) is 8.06. The molecular formula is C19H19N3O3. The van der Waals surface area contributed by atoms with Gasteiger partial charge < -0.3 is 5.32 Å². The Bertz CT molecular complexity index is 792. The molecule has 0 radical (unpaired) electrons. The first kappa shape index (κ1) is 16.7. The Morgan fingerprint density at radius 1 is 1.04 bits per heavy atom. The van der Waals surface area contributed by atoms with Crippen molar-refractivity contribution in [3.63, 3.8) is 0 Å². The second-order valence-corrected chi connectivity index (χ2v) is 6.08. The highest BCUT2D eigenvalue weighted by atomic mass is 16.2. The summed E-state index contributed by atoms with van der Waals surface area (Å²) in [5.74, 6) is -0.888. The smallest absolute Gasteiger partial charge is 0.318 e. The minimum Gasteiger partial charge on any atom is -0.318 e. The van der Waals surface area contributed by atoms with Crippen LogP contribution in [0.3, 0.4) is 0 Å². The molecule has 0 saturated carbocycles. The average molecular weight is 337 g/mol. The van der Waals surface area contributed by atoms with E-state index in [0.717, 1.165) is 10.6 Å². The van der Waals surface area contributed by atoms with E-state index in [1.807, 2.05) is 36.4 Å². The lowest BCUT2D eigenvalue weighted by Gasteiger charge is -2.22. The first-order chi connectivity index (χ1) is 12.0. The van der Waals surface area contributed by atoms with Crippen molar-refractivity contribution in [2.45, 2.75) is 25.3 Å². The van der Waals surface area contributed by atoms with Crippen LogP contribution in [-0.2, 0) is 21.5 Å². The van der Waals surface area contributed by atoms with Crippen LogP contribution in [0, 0.1) is 0 Å². The zero-order valence-electron chi connectivity index (χ0n) is 13.9. The second kappa shape index (κ2) is 6.76. The summed E-state index contributed by atoms with van der Waals surface area (Å²) in [6.45, 7) is 1.62. The van der Waals surface area contributed by atoms with Crippen LogP contribution < -0.4 is 10.7 Å². The van der Waals surface area contributed by atoms with Gasteiger partial charge in [-0.15, -0.1) is 0 Å². The molecule has 2 aromatic rings. The fourth-order valence-electron chi connectivity index (χ4n) is 2.79. The van der Waals surface area contributed by atoms with Crippen molar-refractivity contribution in [3.05, 3.63) is 71.8 Å². The van der Waals surface area contributed by atoms with Gasteiger partial charge >= 0.3 is 6.03 Å². The van der Waals surface area contributed by atoms with Gasteiger partial charge in [0.25, 0.3) is 5.91 Å². The molecule has 6 nitrogen and oxygen atoms in total. The predicted octanol–water partition coefficient (Wildman–Crippen LogP) is 2.12. The van der Waals surface area contributed by atoms with Crippen LogP contribution in [0.1, 0.15) is 24.5 Å². The zero-order chi connectivity index (χ0) is 17.9. The maximum absolute atomic E-state index is 12.7. The number of urea groups is 1. The van der Waals surface area contributed by atoms with E-state index in [1.165, 1.54) is 0 Å². The molecule has 128 valence electrons. The summed E-state index contributed by atoms with van der Waals surface area (Å²) >= 11 is 0. The van der Waals surface area contributed by atoms with Crippen molar-refractivity contribution in [1.82, 2.24) is 15.8 Å². The van der Waals surface area contributed by atoms with E-state index >= 15 is 0 Å². The molecule has 0 aromatic heterocycles. The summed E-state index contributed by atoms with van der Waals surface area (Å²) < 4.78 is 0. The molecular weight excluding hydrogens is 318 g/mol. The van der Waals surface area contributed by atoms with E-state index in [9.17, 15) is 14.4 Å². The Balaban J connectivity index is 1.66. The number of amides is 4. The number of imide groups is 1. The SMILES string of the molecule is CC1(c2ccccc2)NC(=O)N(NC(=O)CCc2ccccc2)C1=O. The Morgan fingerprint density at radius 2 is 1.64 bits per heavy atom. The van der Waals surface area contributed by atoms with Crippen LogP contribution in [0.15, 0.2) is 60.7 Å². The summed E-state index contributed by atoms with van der Waals surface area (Å²) in [5, 5.41) is 3.41. The summed E-state index contributed by atoms with van der Waals surface area (Å²) in [4.78, 5) is 37.0. The molecule has 2 aromatic carbocycles. The lowest BCUT2D eigenvalue weighted by molar-refractivity contribution is -0.138. The molecule has 4 amide bonds. The van der Waals surface area contributed by atoms with Crippen LogP contribution in [-0.4, -0.2) is 22.9 Å². The highest BCUT2D eigenvalue weighted by molar-refractivity contribution is 6.08. The molecule has 0 spiro atoms. The third-order valence-corrected chi connectivity index (χ3v) is 4.26. The fourth-order valence-corrected chi connectivity index (χ4v) is 2.79. The van der Waals surface area contributed by atoms with Gasteiger partial charge in [0.15, 0.2) is 0 Å². The number of hydrogen-bond donors (Lipinski definition) is 2. The average Bonchev–Trinajstić information content (AvgIpc) is 2.86. The predicted molar refractivity (Wildman–Crippen MR) is 92.1 cm³/mol. The maximum atomic E-state index is 12.7. The van der Waals surface area contributed by atoms with Gasteiger partial charge in [0.05, 0.1) is 0 Å². The van der Waals surface area contributed by atoms with Crippen molar-refractivity contribution >= 4 is 17.8 Å². The number of hydrogen-bond acceptors (Lipinski definition) is 3. The van der Waals surface area contributed by atoms with E-state index in [-0.39, 0.29) is 12.3 Å². The topological polar surface area (TPSA) is 78.5 Å². The number of hydrazine groups is 1. The van der Waals surface area contributed by atoms with Gasteiger partial charge in [-0.2, -0.15) is 5.01 Å². The second-order valence-electron chi connectivity index (χ2n) is 6.08. The highest BCUT2D eigenvalue weighted by Crippen LogP contribution is 2.27. The third-order valence-electron chi connectivity index (χ3n) is 4.26. The molecule has 3 rings (SSSR count). The molecule has 0 aliphatic carbocycles. The van der Waals surface area contributed by atoms with Crippen molar-refractivity contribution < 1.29 is 14.4 Å². The fraction of sp³-hybridized carbons (Fsp3) is 0.211. The molecule has 1 atom stereocenters. The number of nitrogens with one attached hydrogen (secondary N) is 2. The minimum absolute atomic E-state index is 0.184. The van der Waals surface area contributed by atoms with Crippen molar-refractivity contribution in [2.75, 3.05) is 0 Å². The first-order valence-corrected chi connectivity index (χ1v) is 8.06. The molecule has 1 heterocycles. The lowest BCUT2D eigenvalue weighted by atomic mass is 9.92. The van der Waals surface area contributed by atoms with Gasteiger partial charge in [0.1, 0.15) is 5.54 Å². The standard InChI is InChI=1S/C19H19N3O3/c1-19(15-10-6-3-7-11-15)17(24)22(18(25)20-19)21-16(23)13-12-14-8-4-2-5-9-14/h2-11H,12-13H2,1H3,(H,20,25)(H,21,23). The number of nitrogens with zero attached hydrogens (tertiary/aromatic N) is 1. The quantitative estimate of drug-likeness (QED) is 0.820. The van der Waals surface area contributed by atoms with Crippen LogP contribution in [0.5, 0.6) is 0 Å². The van der Waals surface area contributed by atoms with Crippen molar-refractivity contribution in [3.8, 4) is 0 Å². The van der Waals surface area contributed by atoms with Gasteiger partial charge in [-0.1, -0.05) is 60.7 Å². The zero-order valence-corrected chi connectivity index (χ0v) is 13.9. The van der Waals surface area contributed by atoms with E-state index in [2.05, 4.69) is 10.7 Å². The molecule has 25 heavy (non-hydrogen) atoms. The van der Waals surface area contributed by atoms with Crippen molar-refractivity contribution in [2.24, 2.45) is 0 Å². The normalized spacial score (nSPS) is 19.6. The third kappa shape index (κ3) is 3.38. The lowest BCUT2D eigenvalue weighted by Crippen LogP contribution is -2.48. The molecule has 2 N–H and O–H groups in total. The van der Waals surface area contributed by atoms with Crippen LogP contribution in [0.2, 0.25) is 0 Å². The number of aryl methyl sites for hydroxylation is 1. The van der Waals surface area contributed by atoms with E-state index in [4.69, 9.17) is 0 Å². The Labute approximate surface area is 145 Å². The summed E-state index contributed by atoms with van der Waals surface area (Å²) in [5.41, 5.74) is 2.90. The van der Waals surface area contributed by atoms with Gasteiger partial charge in [-0.25, -0.2) is 4.79 Å². The maximum Gasteiger partial charge on any atom is 0.344 e. The molecule has 0 bridgehead atoms. The van der Waals surface area contributed by atoms with Crippen LogP contribution in [0.25, 0.3) is 0 Å². The van der Waals surface area contributed by atoms with E-state index < -0.39 is 17.5 Å². The van der Waals surface area contributed by atoms with E-state index in [0.29, 0.717) is 12.0 Å². The number of carbonyl (C=O) groups is 3. The van der Waals surface area contributed by atoms with Crippen molar-refractivity contribution in [1.29, 1.82) is 0 Å². The van der Waals surface area contributed by atoms with Gasteiger partial charge in [-0.05, 0) is 24.5 Å². The monoisotopic (exact) mass is 337 g/mol. The number of rotatable bonds is 5. The molecule has 6 heteroatoms. The Kier molecular flexibility index (Phi) is 4.52. The molecule has 1 saturated heterocycles. The number of carbonyl (C=O) groups excluding carboxylic acids is 3. The Hall–Kier alpha value is -3.15. The van der Waals surface area contributed by atoms with Crippen LogP contribution in [0.4, 0.5) is 4.79 Å². The minimum atomic E-state index is -1.19. The Morgan fingerprint density at radius 3 is 2.28 bits per heavy atom. The highest BCUT2D eigenvalue weighted by Gasteiger charge is 2.49. The summed E-state index contributed by atoms with van der Waals surface area (Å²) in [6.07, 6.45) is 0.718. The molecule has 1 aliphatic heterocycles. The van der Waals surface area contributed by atoms with Gasteiger partial charge in [0.2, 0.25) is 5.91 Å². The molecule has 1 aliphatic rings. The van der Waals surface area contributed by atoms with E-state index in [1.54, 1.807) is 31.2 Å². The summed E-state index contributed by atoms with van der Waals surface area (Å²) in [7, 11) is 0. The van der Waals surface area contributed by atoms with Crippen LogP contribution >= 0.6 is 0 Å². The van der Waals surface area contributed by atoms with Gasteiger partial charge in [-0.3, -0.25) is 15.0 Å². The number of benzene rings is 2. The largest absolute Gasteiger partial charge is 0.344 e. The van der Waals surface area contributed by atoms with Gasteiger partial charge in [0, 0.05) is 6.42 Å². The summed E-state index contributed by atoms with van der Waals surface area (Å²) in [6, 6.07) is 17.9. The molecule has 1 unspecified atom stereocenters. The molecule has 1 fully saturated rings.